The second-order valence-electron chi connectivity index (χ2n) is 6.14. The van der Waals surface area contributed by atoms with E-state index >= 15 is 0 Å². The van der Waals surface area contributed by atoms with Gasteiger partial charge in [0.25, 0.3) is 0 Å². The molecule has 1 aliphatic heterocycles. The van der Waals surface area contributed by atoms with E-state index in [1.807, 2.05) is 0 Å². The second kappa shape index (κ2) is 8.24. The highest BCUT2D eigenvalue weighted by molar-refractivity contribution is 7.89. The van der Waals surface area contributed by atoms with Gasteiger partial charge in [-0.25, -0.2) is 8.42 Å². The number of methoxy groups -OCH3 is 1. The van der Waals surface area contributed by atoms with E-state index in [9.17, 15) is 18.0 Å². The van der Waals surface area contributed by atoms with Crippen molar-refractivity contribution in [2.75, 3.05) is 20.2 Å². The Bertz CT molecular complexity index is 791. The largest absolute Gasteiger partial charge is 0.495 e. The van der Waals surface area contributed by atoms with Gasteiger partial charge in [-0.2, -0.15) is 4.72 Å². The summed E-state index contributed by atoms with van der Waals surface area (Å²) in [6, 6.07) is 3.10. The Balaban J connectivity index is 2.04. The summed E-state index contributed by atoms with van der Waals surface area (Å²) in [6.07, 6.45) is 0.962. The van der Waals surface area contributed by atoms with Gasteiger partial charge in [-0.1, -0.05) is 11.6 Å². The number of ether oxygens (including phenoxy) is 1. The summed E-state index contributed by atoms with van der Waals surface area (Å²) in [7, 11) is -2.50. The molecule has 0 bridgehead atoms. The summed E-state index contributed by atoms with van der Waals surface area (Å²) in [5.74, 6) is -0.613. The molecule has 144 valence electrons. The summed E-state index contributed by atoms with van der Waals surface area (Å²) in [5.41, 5.74) is 5.28. The monoisotopic (exact) mass is 403 g/mol. The van der Waals surface area contributed by atoms with Gasteiger partial charge in [0, 0.05) is 19.0 Å². The Morgan fingerprint density at radius 3 is 2.46 bits per heavy atom. The summed E-state index contributed by atoms with van der Waals surface area (Å²) >= 11 is 5.97. The van der Waals surface area contributed by atoms with Crippen LogP contribution in [0.5, 0.6) is 5.75 Å². The maximum atomic E-state index is 12.5. The smallest absolute Gasteiger partial charge is 0.241 e. The highest BCUT2D eigenvalue weighted by Crippen LogP contribution is 2.27. The molecule has 0 aliphatic carbocycles. The molecule has 1 saturated heterocycles. The van der Waals surface area contributed by atoms with Crippen LogP contribution in [0.15, 0.2) is 23.1 Å². The molecule has 1 heterocycles. The zero-order valence-electron chi connectivity index (χ0n) is 14.6. The lowest BCUT2D eigenvalue weighted by Gasteiger charge is -2.32. The Hall–Kier alpha value is -1.84. The molecule has 2 amide bonds. The zero-order valence-corrected chi connectivity index (χ0v) is 16.1. The number of nitrogens with one attached hydrogen (secondary N) is 1. The molecule has 0 aromatic heterocycles. The first-order chi connectivity index (χ1) is 12.2. The molecule has 1 atom stereocenters. The number of benzene rings is 1. The van der Waals surface area contributed by atoms with E-state index in [1.54, 1.807) is 0 Å². The molecule has 1 aromatic rings. The van der Waals surface area contributed by atoms with Crippen LogP contribution >= 0.6 is 11.6 Å². The van der Waals surface area contributed by atoms with Crippen LogP contribution < -0.4 is 15.2 Å². The van der Waals surface area contributed by atoms with E-state index < -0.39 is 16.1 Å². The van der Waals surface area contributed by atoms with E-state index in [1.165, 1.54) is 37.1 Å². The number of carbonyl (C=O) groups excluding carboxylic acids is 2. The molecular weight excluding hydrogens is 382 g/mol. The average Bonchev–Trinajstić information content (AvgIpc) is 2.60. The number of carbonyl (C=O) groups is 2. The van der Waals surface area contributed by atoms with E-state index in [-0.39, 0.29) is 27.7 Å². The number of likely N-dealkylation sites (tertiary alicyclic amines) is 1. The fourth-order valence-electron chi connectivity index (χ4n) is 2.82. The highest BCUT2D eigenvalue weighted by atomic mass is 35.5. The number of nitrogens with two attached hydrogens (primary N) is 1. The van der Waals surface area contributed by atoms with Crippen molar-refractivity contribution in [2.24, 2.45) is 11.7 Å². The number of rotatable bonds is 6. The molecule has 8 nitrogen and oxygen atoms in total. The Kier molecular flexibility index (Phi) is 6.48. The van der Waals surface area contributed by atoms with Gasteiger partial charge in [-0.3, -0.25) is 9.59 Å². The van der Waals surface area contributed by atoms with E-state index in [4.69, 9.17) is 22.1 Å². The van der Waals surface area contributed by atoms with Gasteiger partial charge in [0.05, 0.1) is 23.1 Å². The van der Waals surface area contributed by atoms with Crippen LogP contribution in [0, 0.1) is 5.92 Å². The number of hydrogen-bond acceptors (Lipinski definition) is 5. The first-order valence-electron chi connectivity index (χ1n) is 8.09. The third-order valence-corrected chi connectivity index (χ3v) is 6.18. The Labute approximate surface area is 157 Å². The highest BCUT2D eigenvalue weighted by Gasteiger charge is 2.30. The molecule has 1 aliphatic rings. The molecular formula is C16H22ClN3O5S. The normalized spacial score (nSPS) is 17.0. The van der Waals surface area contributed by atoms with Crippen molar-refractivity contribution in [3.8, 4) is 5.75 Å². The predicted octanol–water partition coefficient (Wildman–Crippen LogP) is 0.739. The van der Waals surface area contributed by atoms with Crippen LogP contribution in [-0.4, -0.2) is 51.4 Å². The van der Waals surface area contributed by atoms with E-state index in [0.717, 1.165) is 0 Å². The van der Waals surface area contributed by atoms with Crippen molar-refractivity contribution < 1.29 is 22.7 Å². The van der Waals surface area contributed by atoms with Crippen LogP contribution in [0.1, 0.15) is 19.8 Å². The number of nitrogens with zero attached hydrogens (tertiary/aromatic N) is 1. The van der Waals surface area contributed by atoms with Crippen LogP contribution in [0.2, 0.25) is 5.02 Å². The molecule has 0 spiro atoms. The molecule has 0 unspecified atom stereocenters. The molecule has 1 aromatic carbocycles. The number of sulfonamides is 1. The van der Waals surface area contributed by atoms with Gasteiger partial charge in [0.1, 0.15) is 5.75 Å². The lowest BCUT2D eigenvalue weighted by molar-refractivity contribution is -0.136. The first kappa shape index (κ1) is 20.5. The molecule has 2 rings (SSSR count). The fraction of sp³-hybridized carbons (Fsp3) is 0.500. The number of piperidine rings is 1. The molecule has 0 radical (unpaired) electrons. The average molecular weight is 404 g/mol. The zero-order chi connectivity index (χ0) is 19.5. The standard InChI is InChI=1S/C16H22ClN3O5S/c1-10(16(22)20-7-5-11(6-8-20)15(18)21)19-26(23,24)12-3-4-14(25-2)13(17)9-12/h3-4,9-11,19H,5-8H2,1-2H3,(H2,18,21)/t10-/m0/s1. The summed E-state index contributed by atoms with van der Waals surface area (Å²) in [4.78, 5) is 25.2. The van der Waals surface area contributed by atoms with Gasteiger partial charge in [0.2, 0.25) is 21.8 Å². The summed E-state index contributed by atoms with van der Waals surface area (Å²) in [5, 5.41) is 0.155. The van der Waals surface area contributed by atoms with E-state index in [2.05, 4.69) is 4.72 Å². The number of hydrogen-bond donors (Lipinski definition) is 2. The molecule has 0 saturated carbocycles. The SMILES string of the molecule is COc1ccc(S(=O)(=O)N[C@@H](C)C(=O)N2CCC(C(N)=O)CC2)cc1Cl. The predicted molar refractivity (Wildman–Crippen MR) is 96.3 cm³/mol. The minimum atomic E-state index is -3.93. The van der Waals surface area contributed by atoms with Crippen molar-refractivity contribution in [1.29, 1.82) is 0 Å². The third-order valence-electron chi connectivity index (χ3n) is 4.34. The Morgan fingerprint density at radius 1 is 1.35 bits per heavy atom. The lowest BCUT2D eigenvalue weighted by Crippen LogP contribution is -2.50. The van der Waals surface area contributed by atoms with Gasteiger partial charge < -0.3 is 15.4 Å². The van der Waals surface area contributed by atoms with Gasteiger partial charge in [-0.05, 0) is 38.0 Å². The van der Waals surface area contributed by atoms with Crippen LogP contribution in [0.25, 0.3) is 0 Å². The lowest BCUT2D eigenvalue weighted by atomic mass is 9.96. The van der Waals surface area contributed by atoms with Crippen molar-refractivity contribution in [3.05, 3.63) is 23.2 Å². The number of amides is 2. The van der Waals surface area contributed by atoms with Crippen LogP contribution in [0.4, 0.5) is 0 Å². The van der Waals surface area contributed by atoms with Gasteiger partial charge in [0.15, 0.2) is 0 Å². The molecule has 26 heavy (non-hydrogen) atoms. The van der Waals surface area contributed by atoms with Crippen molar-refractivity contribution in [1.82, 2.24) is 9.62 Å². The van der Waals surface area contributed by atoms with Crippen LogP contribution in [-0.2, 0) is 19.6 Å². The maximum Gasteiger partial charge on any atom is 0.241 e. The minimum absolute atomic E-state index is 0.0598. The van der Waals surface area contributed by atoms with Crippen molar-refractivity contribution in [3.63, 3.8) is 0 Å². The quantitative estimate of drug-likeness (QED) is 0.726. The Morgan fingerprint density at radius 2 is 1.96 bits per heavy atom. The van der Waals surface area contributed by atoms with Gasteiger partial charge >= 0.3 is 0 Å². The topological polar surface area (TPSA) is 119 Å². The van der Waals surface area contributed by atoms with E-state index in [0.29, 0.717) is 31.7 Å². The van der Waals surface area contributed by atoms with Crippen LogP contribution in [0.3, 0.4) is 0 Å². The van der Waals surface area contributed by atoms with Gasteiger partial charge in [-0.15, -0.1) is 0 Å². The minimum Gasteiger partial charge on any atom is -0.495 e. The molecule has 3 N–H and O–H groups in total. The molecule has 1 fully saturated rings. The summed E-state index contributed by atoms with van der Waals surface area (Å²) in [6.45, 7) is 2.21. The molecule has 10 heteroatoms. The maximum absolute atomic E-state index is 12.5. The first-order valence-corrected chi connectivity index (χ1v) is 9.95. The number of primary amides is 1. The van der Waals surface area contributed by atoms with Crippen molar-refractivity contribution in [2.45, 2.75) is 30.7 Å². The fourth-order valence-corrected chi connectivity index (χ4v) is 4.37. The summed E-state index contributed by atoms with van der Waals surface area (Å²) < 4.78 is 32.3. The number of halogens is 1. The van der Waals surface area contributed by atoms with Crippen molar-refractivity contribution >= 4 is 33.4 Å². The second-order valence-corrected chi connectivity index (χ2v) is 8.26. The third kappa shape index (κ3) is 4.66.